The van der Waals surface area contributed by atoms with Crippen LogP contribution in [0.5, 0.6) is 0 Å². The van der Waals surface area contributed by atoms with Crippen LogP contribution in [0, 0.1) is 12.7 Å². The van der Waals surface area contributed by atoms with E-state index in [2.05, 4.69) is 15.5 Å². The molecule has 2 aromatic rings. The molecule has 1 amide bonds. The van der Waals surface area contributed by atoms with E-state index in [1.54, 1.807) is 16.8 Å². The van der Waals surface area contributed by atoms with Crippen molar-refractivity contribution in [3.05, 3.63) is 35.1 Å². The zero-order valence-electron chi connectivity index (χ0n) is 11.1. The molecular weight excluding hydrogens is 261 g/mol. The predicted octanol–water partition coefficient (Wildman–Crippen LogP) is 1.10. The van der Waals surface area contributed by atoms with Gasteiger partial charge < -0.3 is 0 Å². The molecule has 0 fully saturated rings. The lowest BCUT2D eigenvalue weighted by atomic mass is 10.1. The van der Waals surface area contributed by atoms with Gasteiger partial charge in [-0.25, -0.2) is 9.07 Å². The molecule has 0 N–H and O–H groups in total. The molecular formula is C13H14FN5O. The lowest BCUT2D eigenvalue weighted by Gasteiger charge is -2.25. The molecule has 1 aliphatic rings. The highest BCUT2D eigenvalue weighted by molar-refractivity contribution is 5.93. The van der Waals surface area contributed by atoms with Gasteiger partial charge >= 0.3 is 0 Å². The van der Waals surface area contributed by atoms with Crippen molar-refractivity contribution in [1.82, 2.24) is 20.2 Å². The van der Waals surface area contributed by atoms with Crippen molar-refractivity contribution in [1.29, 1.82) is 0 Å². The molecule has 0 saturated carbocycles. The fraction of sp³-hybridized carbons (Fsp3) is 0.385. The maximum atomic E-state index is 13.7. The molecule has 0 aliphatic carbocycles. The van der Waals surface area contributed by atoms with Crippen LogP contribution in [0.3, 0.4) is 0 Å². The van der Waals surface area contributed by atoms with Gasteiger partial charge in [-0.3, -0.25) is 9.69 Å². The first-order valence-electron chi connectivity index (χ1n) is 6.47. The van der Waals surface area contributed by atoms with Crippen molar-refractivity contribution in [2.24, 2.45) is 0 Å². The first-order valence-corrected chi connectivity index (χ1v) is 6.47. The normalized spacial score (nSPS) is 14.2. The van der Waals surface area contributed by atoms with Crippen LogP contribution >= 0.6 is 0 Å². The number of aromatic nitrogens is 4. The van der Waals surface area contributed by atoms with Gasteiger partial charge in [0.25, 0.3) is 5.95 Å². The Hall–Kier alpha value is -2.31. The van der Waals surface area contributed by atoms with Gasteiger partial charge in [0.1, 0.15) is 5.82 Å². The SMILES string of the molecule is Cc1ccc(F)c(CC(=O)N2CCCn3nnnc32)c1. The lowest BCUT2D eigenvalue weighted by Crippen LogP contribution is -2.39. The fourth-order valence-corrected chi connectivity index (χ4v) is 2.35. The topological polar surface area (TPSA) is 63.9 Å². The summed E-state index contributed by atoms with van der Waals surface area (Å²) in [6, 6.07) is 4.77. The number of anilines is 1. The summed E-state index contributed by atoms with van der Waals surface area (Å²) in [5.74, 6) is -0.111. The number of halogens is 1. The van der Waals surface area contributed by atoms with E-state index in [1.165, 1.54) is 11.0 Å². The summed E-state index contributed by atoms with van der Waals surface area (Å²) in [5, 5.41) is 11.2. The summed E-state index contributed by atoms with van der Waals surface area (Å²) in [6.45, 7) is 3.13. The van der Waals surface area contributed by atoms with Gasteiger partial charge in [0, 0.05) is 13.1 Å². The number of carbonyl (C=O) groups is 1. The van der Waals surface area contributed by atoms with Gasteiger partial charge in [-0.2, -0.15) is 0 Å². The number of fused-ring (bicyclic) bond motifs is 1. The second kappa shape index (κ2) is 4.99. The van der Waals surface area contributed by atoms with Crippen LogP contribution in [0.1, 0.15) is 17.5 Å². The minimum atomic E-state index is -0.361. The van der Waals surface area contributed by atoms with E-state index < -0.39 is 0 Å². The average molecular weight is 275 g/mol. The Kier molecular flexibility index (Phi) is 3.17. The minimum Gasteiger partial charge on any atom is -0.279 e. The number of hydrogen-bond acceptors (Lipinski definition) is 4. The van der Waals surface area contributed by atoms with Crippen molar-refractivity contribution >= 4 is 11.9 Å². The van der Waals surface area contributed by atoms with Gasteiger partial charge in [0.15, 0.2) is 0 Å². The van der Waals surface area contributed by atoms with Gasteiger partial charge in [0.2, 0.25) is 5.91 Å². The Morgan fingerprint density at radius 2 is 2.25 bits per heavy atom. The van der Waals surface area contributed by atoms with E-state index in [1.807, 2.05) is 6.92 Å². The van der Waals surface area contributed by atoms with Gasteiger partial charge in [-0.1, -0.05) is 22.8 Å². The number of tetrazole rings is 1. The second-order valence-corrected chi connectivity index (χ2v) is 4.87. The molecule has 2 heterocycles. The summed E-state index contributed by atoms with van der Waals surface area (Å²) in [5.41, 5.74) is 1.33. The molecule has 0 atom stereocenters. The van der Waals surface area contributed by atoms with Gasteiger partial charge in [-0.05, 0) is 35.4 Å². The van der Waals surface area contributed by atoms with Crippen LogP contribution in [0.4, 0.5) is 10.3 Å². The summed E-state index contributed by atoms with van der Waals surface area (Å²) in [4.78, 5) is 13.9. The van der Waals surface area contributed by atoms with E-state index in [0.717, 1.165) is 12.0 Å². The Labute approximate surface area is 115 Å². The smallest absolute Gasteiger partial charge is 0.252 e. The molecule has 7 heteroatoms. The summed E-state index contributed by atoms with van der Waals surface area (Å²) < 4.78 is 15.3. The highest BCUT2D eigenvalue weighted by Gasteiger charge is 2.26. The molecule has 104 valence electrons. The Morgan fingerprint density at radius 3 is 3.10 bits per heavy atom. The number of aryl methyl sites for hydroxylation is 2. The van der Waals surface area contributed by atoms with E-state index in [4.69, 9.17) is 0 Å². The summed E-state index contributed by atoms with van der Waals surface area (Å²) >= 11 is 0. The third-order valence-corrected chi connectivity index (χ3v) is 3.35. The first kappa shape index (κ1) is 12.7. The molecule has 1 aliphatic heterocycles. The van der Waals surface area contributed by atoms with Crippen LogP contribution in [0.15, 0.2) is 18.2 Å². The number of rotatable bonds is 2. The van der Waals surface area contributed by atoms with Gasteiger partial charge in [-0.15, -0.1) is 0 Å². The molecule has 1 aromatic heterocycles. The maximum absolute atomic E-state index is 13.7. The van der Waals surface area contributed by atoms with Crippen molar-refractivity contribution < 1.29 is 9.18 Å². The van der Waals surface area contributed by atoms with Crippen molar-refractivity contribution in [3.63, 3.8) is 0 Å². The number of hydrogen-bond donors (Lipinski definition) is 0. The third-order valence-electron chi connectivity index (χ3n) is 3.35. The number of amides is 1. The zero-order valence-corrected chi connectivity index (χ0v) is 11.1. The Bertz CT molecular complexity index is 654. The number of benzene rings is 1. The molecule has 1 aromatic carbocycles. The van der Waals surface area contributed by atoms with E-state index in [-0.39, 0.29) is 18.1 Å². The molecule has 6 nitrogen and oxygen atoms in total. The van der Waals surface area contributed by atoms with E-state index in [9.17, 15) is 9.18 Å². The van der Waals surface area contributed by atoms with Crippen molar-refractivity contribution in [2.75, 3.05) is 11.4 Å². The highest BCUT2D eigenvalue weighted by atomic mass is 19.1. The highest BCUT2D eigenvalue weighted by Crippen LogP contribution is 2.18. The molecule has 0 radical (unpaired) electrons. The monoisotopic (exact) mass is 275 g/mol. The first-order chi connectivity index (χ1) is 9.65. The second-order valence-electron chi connectivity index (χ2n) is 4.87. The van der Waals surface area contributed by atoms with Crippen LogP contribution in [-0.4, -0.2) is 32.7 Å². The maximum Gasteiger partial charge on any atom is 0.252 e. The fourth-order valence-electron chi connectivity index (χ4n) is 2.35. The number of carbonyl (C=O) groups excluding carboxylic acids is 1. The Morgan fingerprint density at radius 1 is 1.40 bits per heavy atom. The standard InChI is InChI=1S/C13H14FN5O/c1-9-3-4-11(14)10(7-9)8-12(20)18-5-2-6-19-13(18)15-16-17-19/h3-4,7H,2,5-6,8H2,1H3. The van der Waals surface area contributed by atoms with Gasteiger partial charge in [0.05, 0.1) is 6.42 Å². The Balaban J connectivity index is 1.83. The minimum absolute atomic E-state index is 0.0143. The van der Waals surface area contributed by atoms with Crippen LogP contribution in [0.25, 0.3) is 0 Å². The molecule has 20 heavy (non-hydrogen) atoms. The van der Waals surface area contributed by atoms with E-state index >= 15 is 0 Å². The number of nitrogens with zero attached hydrogens (tertiary/aromatic N) is 5. The molecule has 0 bridgehead atoms. The molecule has 0 unspecified atom stereocenters. The predicted molar refractivity (Wildman–Crippen MR) is 69.6 cm³/mol. The zero-order chi connectivity index (χ0) is 14.1. The molecule has 3 rings (SSSR count). The summed E-state index contributed by atoms with van der Waals surface area (Å²) in [6.07, 6.45) is 0.806. The quantitative estimate of drug-likeness (QED) is 0.823. The molecule has 0 spiro atoms. The van der Waals surface area contributed by atoms with Crippen LogP contribution < -0.4 is 4.90 Å². The average Bonchev–Trinajstić information content (AvgIpc) is 2.91. The lowest BCUT2D eigenvalue weighted by molar-refractivity contribution is -0.118. The van der Waals surface area contributed by atoms with Crippen molar-refractivity contribution in [3.8, 4) is 0 Å². The third kappa shape index (κ3) is 2.26. The van der Waals surface area contributed by atoms with Crippen LogP contribution in [0.2, 0.25) is 0 Å². The van der Waals surface area contributed by atoms with Crippen LogP contribution in [-0.2, 0) is 17.8 Å². The largest absolute Gasteiger partial charge is 0.279 e. The molecule has 0 saturated heterocycles. The van der Waals surface area contributed by atoms with Crippen molar-refractivity contribution in [2.45, 2.75) is 26.3 Å². The summed E-state index contributed by atoms with van der Waals surface area (Å²) in [7, 11) is 0. The van der Waals surface area contributed by atoms with E-state index in [0.29, 0.717) is 24.6 Å².